The van der Waals surface area contributed by atoms with Crippen molar-refractivity contribution in [3.8, 4) is 0 Å². The zero-order valence-electron chi connectivity index (χ0n) is 11.1. The third-order valence-electron chi connectivity index (χ3n) is 3.51. The Labute approximate surface area is 114 Å². The van der Waals surface area contributed by atoms with Crippen LogP contribution in [-0.4, -0.2) is 16.7 Å². The molecule has 18 heavy (non-hydrogen) atoms. The van der Waals surface area contributed by atoms with Gasteiger partial charge in [0.05, 0.1) is 6.54 Å². The standard InChI is InChI=1S/C12H22N4O.ClH/c1-9(2)6-12(4-3-5-12)8-14-11-16-15-10(7-13)17-11;/h9H,3-8,13H2,1-2H3,(H,14,16);1H. The lowest BCUT2D eigenvalue weighted by Gasteiger charge is -2.43. The Balaban J connectivity index is 0.00000162. The molecule has 0 radical (unpaired) electrons. The van der Waals surface area contributed by atoms with Gasteiger partial charge in [-0.25, -0.2) is 0 Å². The van der Waals surface area contributed by atoms with Gasteiger partial charge in [0, 0.05) is 6.54 Å². The number of nitrogens with one attached hydrogen (secondary N) is 1. The Morgan fingerprint density at radius 1 is 1.39 bits per heavy atom. The molecule has 5 nitrogen and oxygen atoms in total. The van der Waals surface area contributed by atoms with Crippen LogP contribution in [0.4, 0.5) is 6.01 Å². The fraction of sp³-hybridized carbons (Fsp3) is 0.833. The van der Waals surface area contributed by atoms with Gasteiger partial charge in [-0.05, 0) is 30.6 Å². The number of anilines is 1. The van der Waals surface area contributed by atoms with Gasteiger partial charge < -0.3 is 15.5 Å². The summed E-state index contributed by atoms with van der Waals surface area (Å²) in [5, 5.41) is 11.0. The van der Waals surface area contributed by atoms with Gasteiger partial charge >= 0.3 is 6.01 Å². The predicted octanol–water partition coefficient (Wildman–Crippen LogP) is 2.58. The maximum absolute atomic E-state index is 5.42. The predicted molar refractivity (Wildman–Crippen MR) is 73.7 cm³/mol. The van der Waals surface area contributed by atoms with E-state index in [1.54, 1.807) is 0 Å². The number of halogens is 1. The first-order valence-corrected chi connectivity index (χ1v) is 6.40. The minimum Gasteiger partial charge on any atom is -0.407 e. The van der Waals surface area contributed by atoms with Crippen molar-refractivity contribution < 1.29 is 4.42 Å². The molecule has 0 bridgehead atoms. The highest BCUT2D eigenvalue weighted by Crippen LogP contribution is 2.45. The van der Waals surface area contributed by atoms with E-state index in [2.05, 4.69) is 29.4 Å². The Hall–Kier alpha value is -0.810. The SMILES string of the molecule is CC(C)CC1(CNc2nnc(CN)o2)CCC1.Cl. The van der Waals surface area contributed by atoms with Crippen LogP contribution in [-0.2, 0) is 6.54 Å². The van der Waals surface area contributed by atoms with Crippen LogP contribution in [0.1, 0.15) is 45.4 Å². The van der Waals surface area contributed by atoms with Crippen LogP contribution in [0, 0.1) is 11.3 Å². The molecule has 0 aromatic carbocycles. The van der Waals surface area contributed by atoms with Crippen molar-refractivity contribution in [2.45, 2.75) is 46.1 Å². The van der Waals surface area contributed by atoms with E-state index in [1.165, 1.54) is 25.7 Å². The van der Waals surface area contributed by atoms with Crippen molar-refractivity contribution >= 4 is 18.4 Å². The van der Waals surface area contributed by atoms with Crippen LogP contribution < -0.4 is 11.1 Å². The van der Waals surface area contributed by atoms with Crippen molar-refractivity contribution in [2.75, 3.05) is 11.9 Å². The van der Waals surface area contributed by atoms with E-state index in [9.17, 15) is 0 Å². The average Bonchev–Trinajstić information content (AvgIpc) is 2.69. The van der Waals surface area contributed by atoms with Gasteiger partial charge in [0.25, 0.3) is 0 Å². The summed E-state index contributed by atoms with van der Waals surface area (Å²) in [6, 6.07) is 0.500. The molecule has 1 saturated carbocycles. The van der Waals surface area contributed by atoms with Crippen LogP contribution in [0.15, 0.2) is 4.42 Å². The highest BCUT2D eigenvalue weighted by atomic mass is 35.5. The Kier molecular flexibility index (Phi) is 5.41. The molecule has 0 unspecified atom stereocenters. The molecule has 1 aromatic heterocycles. The second-order valence-electron chi connectivity index (χ2n) is 5.51. The van der Waals surface area contributed by atoms with Crippen molar-refractivity contribution in [1.82, 2.24) is 10.2 Å². The van der Waals surface area contributed by atoms with Crippen molar-refractivity contribution in [1.29, 1.82) is 0 Å². The molecule has 0 aliphatic heterocycles. The summed E-state index contributed by atoms with van der Waals surface area (Å²) in [5.74, 6) is 1.22. The van der Waals surface area contributed by atoms with Crippen LogP contribution in [0.3, 0.4) is 0 Å². The fourth-order valence-electron chi connectivity index (χ4n) is 2.67. The quantitative estimate of drug-likeness (QED) is 0.834. The summed E-state index contributed by atoms with van der Waals surface area (Å²) in [6.45, 7) is 5.78. The van der Waals surface area contributed by atoms with E-state index in [0.29, 0.717) is 23.9 Å². The molecule has 104 valence electrons. The number of hydrogen-bond donors (Lipinski definition) is 2. The molecule has 1 aliphatic rings. The average molecular weight is 275 g/mol. The molecule has 6 heteroatoms. The summed E-state index contributed by atoms with van der Waals surface area (Å²) >= 11 is 0. The van der Waals surface area contributed by atoms with Crippen LogP contribution in [0.2, 0.25) is 0 Å². The monoisotopic (exact) mass is 274 g/mol. The largest absolute Gasteiger partial charge is 0.407 e. The van der Waals surface area contributed by atoms with Gasteiger partial charge in [-0.15, -0.1) is 17.5 Å². The van der Waals surface area contributed by atoms with Gasteiger partial charge in [-0.3, -0.25) is 0 Å². The third kappa shape index (κ3) is 3.59. The molecule has 0 spiro atoms. The van der Waals surface area contributed by atoms with Crippen molar-refractivity contribution in [2.24, 2.45) is 17.1 Å². The first kappa shape index (κ1) is 15.2. The molecule has 0 atom stereocenters. The first-order valence-electron chi connectivity index (χ1n) is 6.40. The molecule has 0 amide bonds. The van der Waals surface area contributed by atoms with E-state index in [1.807, 2.05) is 0 Å². The topological polar surface area (TPSA) is 77.0 Å². The Morgan fingerprint density at radius 3 is 2.56 bits per heavy atom. The summed E-state index contributed by atoms with van der Waals surface area (Å²) in [7, 11) is 0. The molecule has 1 aromatic rings. The van der Waals surface area contributed by atoms with E-state index < -0.39 is 0 Å². The molecule has 3 N–H and O–H groups in total. The maximum Gasteiger partial charge on any atom is 0.315 e. The Bertz CT molecular complexity index is 363. The van der Waals surface area contributed by atoms with E-state index in [-0.39, 0.29) is 12.4 Å². The Morgan fingerprint density at radius 2 is 2.11 bits per heavy atom. The second-order valence-corrected chi connectivity index (χ2v) is 5.51. The summed E-state index contributed by atoms with van der Waals surface area (Å²) < 4.78 is 5.34. The lowest BCUT2D eigenvalue weighted by molar-refractivity contribution is 0.116. The van der Waals surface area contributed by atoms with E-state index >= 15 is 0 Å². The minimum absolute atomic E-state index is 0. The van der Waals surface area contributed by atoms with Crippen LogP contribution >= 0.6 is 12.4 Å². The first-order chi connectivity index (χ1) is 8.13. The summed E-state index contributed by atoms with van der Waals surface area (Å²) in [6.07, 6.45) is 5.20. The molecule has 1 heterocycles. The number of rotatable bonds is 6. The number of aromatic nitrogens is 2. The number of nitrogens with two attached hydrogens (primary N) is 1. The van der Waals surface area contributed by atoms with Gasteiger partial charge in [0.1, 0.15) is 0 Å². The second kappa shape index (κ2) is 6.38. The van der Waals surface area contributed by atoms with Gasteiger partial charge in [-0.2, -0.15) is 0 Å². The molecule has 1 aliphatic carbocycles. The summed E-state index contributed by atoms with van der Waals surface area (Å²) in [5.41, 5.74) is 5.86. The molecular formula is C12H23ClN4O. The van der Waals surface area contributed by atoms with Gasteiger partial charge in [0.2, 0.25) is 5.89 Å². The van der Waals surface area contributed by atoms with Crippen LogP contribution in [0.25, 0.3) is 0 Å². The lowest BCUT2D eigenvalue weighted by Crippen LogP contribution is -2.37. The fourth-order valence-corrected chi connectivity index (χ4v) is 2.67. The van der Waals surface area contributed by atoms with Crippen LogP contribution in [0.5, 0.6) is 0 Å². The third-order valence-corrected chi connectivity index (χ3v) is 3.51. The highest BCUT2D eigenvalue weighted by molar-refractivity contribution is 5.85. The maximum atomic E-state index is 5.42. The molecular weight excluding hydrogens is 252 g/mol. The smallest absolute Gasteiger partial charge is 0.315 e. The number of hydrogen-bond acceptors (Lipinski definition) is 5. The zero-order chi connectivity index (χ0) is 12.3. The van der Waals surface area contributed by atoms with Crippen molar-refractivity contribution in [3.63, 3.8) is 0 Å². The molecule has 2 rings (SSSR count). The number of nitrogens with zero attached hydrogens (tertiary/aromatic N) is 2. The summed E-state index contributed by atoms with van der Waals surface area (Å²) in [4.78, 5) is 0. The molecule has 0 saturated heterocycles. The lowest BCUT2D eigenvalue weighted by atomic mass is 9.64. The van der Waals surface area contributed by atoms with Gasteiger partial charge in [0.15, 0.2) is 0 Å². The normalized spacial score (nSPS) is 17.1. The van der Waals surface area contributed by atoms with Gasteiger partial charge in [-0.1, -0.05) is 25.4 Å². The van der Waals surface area contributed by atoms with E-state index in [0.717, 1.165) is 12.5 Å². The van der Waals surface area contributed by atoms with Crippen molar-refractivity contribution in [3.05, 3.63) is 5.89 Å². The minimum atomic E-state index is 0. The highest BCUT2D eigenvalue weighted by Gasteiger charge is 2.37. The van der Waals surface area contributed by atoms with E-state index in [4.69, 9.17) is 10.2 Å². The molecule has 1 fully saturated rings. The zero-order valence-corrected chi connectivity index (χ0v) is 11.9.